The number of halogens is 2. The van der Waals surface area contributed by atoms with Gasteiger partial charge in [-0.3, -0.25) is 9.69 Å². The molecule has 1 aliphatic heterocycles. The molecule has 8 heteroatoms. The Balaban J connectivity index is 1.71. The van der Waals surface area contributed by atoms with Crippen molar-refractivity contribution in [2.75, 3.05) is 6.54 Å². The number of aryl methyl sites for hydroxylation is 1. The van der Waals surface area contributed by atoms with Gasteiger partial charge in [0.05, 0.1) is 18.4 Å². The van der Waals surface area contributed by atoms with E-state index >= 15 is 0 Å². The number of aromatic amines is 1. The van der Waals surface area contributed by atoms with Crippen LogP contribution >= 0.6 is 0 Å². The van der Waals surface area contributed by atoms with Crippen molar-refractivity contribution in [1.29, 1.82) is 0 Å². The van der Waals surface area contributed by atoms with Crippen LogP contribution in [0.2, 0.25) is 0 Å². The molecule has 0 spiro atoms. The Bertz CT molecular complexity index is 1060. The van der Waals surface area contributed by atoms with E-state index in [0.29, 0.717) is 17.1 Å². The number of amides is 3. The second-order valence-electron chi connectivity index (χ2n) is 6.93. The van der Waals surface area contributed by atoms with Crippen LogP contribution in [0.4, 0.5) is 13.6 Å². The Hall–Kier alpha value is -3.55. The Labute approximate surface area is 165 Å². The molecule has 0 aliphatic carbocycles. The van der Waals surface area contributed by atoms with E-state index in [-0.39, 0.29) is 24.7 Å². The molecule has 3 amide bonds. The van der Waals surface area contributed by atoms with Gasteiger partial charge in [-0.2, -0.15) is 0 Å². The quantitative estimate of drug-likeness (QED) is 0.648. The third-order valence-corrected chi connectivity index (χ3v) is 4.86. The van der Waals surface area contributed by atoms with Gasteiger partial charge < -0.3 is 10.3 Å². The van der Waals surface area contributed by atoms with Crippen LogP contribution in [-0.4, -0.2) is 33.4 Å². The number of benzene rings is 2. The maximum atomic E-state index is 14.3. The fraction of sp³-hybridized carbons (Fsp3) is 0.190. The fourth-order valence-corrected chi connectivity index (χ4v) is 3.39. The number of imidazole rings is 1. The highest BCUT2D eigenvalue weighted by Crippen LogP contribution is 2.29. The number of hydrogen-bond donors (Lipinski definition) is 2. The Morgan fingerprint density at radius 1 is 1.14 bits per heavy atom. The normalized spacial score (nSPS) is 14.9. The molecule has 1 fully saturated rings. The number of aromatic nitrogens is 2. The molecule has 1 atom stereocenters. The van der Waals surface area contributed by atoms with Gasteiger partial charge in [-0.05, 0) is 42.3 Å². The van der Waals surface area contributed by atoms with Crippen molar-refractivity contribution >= 4 is 11.9 Å². The zero-order valence-electron chi connectivity index (χ0n) is 15.6. The van der Waals surface area contributed by atoms with Gasteiger partial charge >= 0.3 is 6.03 Å². The third kappa shape index (κ3) is 3.73. The first kappa shape index (κ1) is 18.8. The second-order valence-corrected chi connectivity index (χ2v) is 6.93. The Morgan fingerprint density at radius 3 is 2.55 bits per heavy atom. The second kappa shape index (κ2) is 7.46. The summed E-state index contributed by atoms with van der Waals surface area (Å²) >= 11 is 0. The van der Waals surface area contributed by atoms with Gasteiger partial charge in [0, 0.05) is 12.0 Å². The van der Waals surface area contributed by atoms with E-state index < -0.39 is 17.9 Å². The molecule has 1 aliphatic rings. The van der Waals surface area contributed by atoms with Crippen LogP contribution in [0, 0.1) is 18.6 Å². The zero-order valence-corrected chi connectivity index (χ0v) is 15.6. The summed E-state index contributed by atoms with van der Waals surface area (Å²) in [6.45, 7) is 1.69. The van der Waals surface area contributed by atoms with E-state index in [4.69, 9.17) is 0 Å². The molecule has 4 rings (SSSR count). The lowest BCUT2D eigenvalue weighted by Crippen LogP contribution is -2.36. The monoisotopic (exact) mass is 396 g/mol. The zero-order chi connectivity index (χ0) is 20.5. The predicted octanol–water partition coefficient (Wildman–Crippen LogP) is 3.50. The molecule has 0 unspecified atom stereocenters. The Kier molecular flexibility index (Phi) is 4.84. The minimum Gasteiger partial charge on any atom is -0.340 e. The molecule has 1 aromatic heterocycles. The van der Waals surface area contributed by atoms with Crippen LogP contribution in [0.5, 0.6) is 0 Å². The Morgan fingerprint density at radius 2 is 1.90 bits per heavy atom. The van der Waals surface area contributed by atoms with Crippen molar-refractivity contribution in [3.63, 3.8) is 0 Å². The molecule has 29 heavy (non-hydrogen) atoms. The summed E-state index contributed by atoms with van der Waals surface area (Å²) in [5.74, 6) is -0.822. The number of imide groups is 1. The van der Waals surface area contributed by atoms with Gasteiger partial charge in [-0.25, -0.2) is 18.6 Å². The van der Waals surface area contributed by atoms with Crippen LogP contribution in [-0.2, 0) is 11.2 Å². The lowest BCUT2D eigenvalue weighted by atomic mass is 10.0. The SMILES string of the molecule is Cc1ccc(-c2cnc([C@H](Cc3ccc(F)cc3)N3C(=O)CNC3=O)[nH]2)c(F)c1. The molecule has 1 saturated heterocycles. The number of rotatable bonds is 5. The van der Waals surface area contributed by atoms with E-state index in [1.54, 1.807) is 31.2 Å². The molecule has 3 aromatic rings. The van der Waals surface area contributed by atoms with Crippen LogP contribution in [0.15, 0.2) is 48.7 Å². The van der Waals surface area contributed by atoms with Gasteiger partial charge in [0.1, 0.15) is 23.5 Å². The minimum absolute atomic E-state index is 0.0983. The number of nitrogens with one attached hydrogen (secondary N) is 2. The highest BCUT2D eigenvalue weighted by atomic mass is 19.1. The molecule has 2 aromatic carbocycles. The van der Waals surface area contributed by atoms with Crippen LogP contribution in [0.25, 0.3) is 11.3 Å². The van der Waals surface area contributed by atoms with Gasteiger partial charge in [0.25, 0.3) is 5.91 Å². The van der Waals surface area contributed by atoms with E-state index in [0.717, 1.165) is 16.0 Å². The van der Waals surface area contributed by atoms with Gasteiger partial charge in [-0.1, -0.05) is 18.2 Å². The largest absolute Gasteiger partial charge is 0.340 e. The van der Waals surface area contributed by atoms with Gasteiger partial charge in [-0.15, -0.1) is 0 Å². The van der Waals surface area contributed by atoms with Gasteiger partial charge in [0.2, 0.25) is 0 Å². The summed E-state index contributed by atoms with van der Waals surface area (Å²) in [5, 5.41) is 2.49. The van der Waals surface area contributed by atoms with Crippen molar-refractivity contribution in [2.24, 2.45) is 0 Å². The lowest BCUT2D eigenvalue weighted by Gasteiger charge is -2.23. The number of H-pyrrole nitrogens is 1. The van der Waals surface area contributed by atoms with E-state index in [2.05, 4.69) is 15.3 Å². The van der Waals surface area contributed by atoms with Crippen LogP contribution in [0.1, 0.15) is 23.0 Å². The summed E-state index contributed by atoms with van der Waals surface area (Å²) in [6, 6.07) is 9.38. The standard InChI is InChI=1S/C21H18F2N4O2/c1-12-2-7-15(16(23)8-12)17-10-24-20(26-17)18(27-19(28)11-25-21(27)29)9-13-3-5-14(22)6-4-13/h2-8,10,18H,9,11H2,1H3,(H,24,26)(H,25,29)/t18-/m0/s1. The fourth-order valence-electron chi connectivity index (χ4n) is 3.39. The average Bonchev–Trinajstić information content (AvgIpc) is 3.29. The first-order valence-corrected chi connectivity index (χ1v) is 9.08. The molecule has 0 saturated carbocycles. The number of nitrogens with zero attached hydrogens (tertiary/aromatic N) is 2. The van der Waals surface area contributed by atoms with E-state index in [1.165, 1.54) is 24.4 Å². The average molecular weight is 396 g/mol. The van der Waals surface area contributed by atoms with Crippen molar-refractivity contribution in [3.8, 4) is 11.3 Å². The highest BCUT2D eigenvalue weighted by Gasteiger charge is 2.37. The van der Waals surface area contributed by atoms with E-state index in [9.17, 15) is 18.4 Å². The number of hydrogen-bond acceptors (Lipinski definition) is 3. The van der Waals surface area contributed by atoms with Crippen molar-refractivity contribution < 1.29 is 18.4 Å². The highest BCUT2D eigenvalue weighted by molar-refractivity contribution is 6.02. The molecule has 2 heterocycles. The summed E-state index contributed by atoms with van der Waals surface area (Å²) in [4.78, 5) is 33.0. The summed E-state index contributed by atoms with van der Waals surface area (Å²) in [7, 11) is 0. The van der Waals surface area contributed by atoms with Crippen molar-refractivity contribution in [1.82, 2.24) is 20.2 Å². The molecule has 0 bridgehead atoms. The van der Waals surface area contributed by atoms with Crippen molar-refractivity contribution in [2.45, 2.75) is 19.4 Å². The number of urea groups is 1. The van der Waals surface area contributed by atoms with Crippen LogP contribution < -0.4 is 5.32 Å². The molecule has 148 valence electrons. The molecular formula is C21H18F2N4O2. The summed E-state index contributed by atoms with van der Waals surface area (Å²) in [6.07, 6.45) is 1.71. The number of carbonyl (C=O) groups excluding carboxylic acids is 2. The first-order valence-electron chi connectivity index (χ1n) is 9.08. The smallest absolute Gasteiger partial charge is 0.325 e. The summed E-state index contributed by atoms with van der Waals surface area (Å²) in [5.41, 5.74) is 2.30. The third-order valence-electron chi connectivity index (χ3n) is 4.86. The predicted molar refractivity (Wildman–Crippen MR) is 102 cm³/mol. The minimum atomic E-state index is -0.738. The topological polar surface area (TPSA) is 78.1 Å². The molecule has 0 radical (unpaired) electrons. The maximum absolute atomic E-state index is 14.3. The molecule has 6 nitrogen and oxygen atoms in total. The van der Waals surface area contributed by atoms with E-state index in [1.807, 2.05) is 0 Å². The van der Waals surface area contributed by atoms with Crippen molar-refractivity contribution in [3.05, 3.63) is 77.2 Å². The first-order chi connectivity index (χ1) is 13.9. The molecular weight excluding hydrogens is 378 g/mol. The molecule has 2 N–H and O–H groups in total. The lowest BCUT2D eigenvalue weighted by molar-refractivity contribution is -0.126. The maximum Gasteiger partial charge on any atom is 0.325 e. The number of carbonyl (C=O) groups is 2. The summed E-state index contributed by atoms with van der Waals surface area (Å²) < 4.78 is 27.6. The van der Waals surface area contributed by atoms with Gasteiger partial charge in [0.15, 0.2) is 0 Å². The van der Waals surface area contributed by atoms with Crippen LogP contribution in [0.3, 0.4) is 0 Å².